The molecule has 22 heavy (non-hydrogen) atoms. The highest BCUT2D eigenvalue weighted by Crippen LogP contribution is 2.35. The Bertz CT molecular complexity index is 836. The fourth-order valence-electron chi connectivity index (χ4n) is 2.30. The van der Waals surface area contributed by atoms with E-state index in [0.29, 0.717) is 17.5 Å². The van der Waals surface area contributed by atoms with Gasteiger partial charge in [0.05, 0.1) is 5.69 Å². The lowest BCUT2D eigenvalue weighted by molar-refractivity contribution is 0.403. The van der Waals surface area contributed by atoms with Gasteiger partial charge in [-0.15, -0.1) is 17.0 Å². The average Bonchev–Trinajstić information content (AvgIpc) is 2.47. The fourth-order valence-corrected chi connectivity index (χ4v) is 2.30. The third-order valence-corrected chi connectivity index (χ3v) is 3.39. The lowest BCUT2D eigenvalue weighted by atomic mass is 10.0. The molecule has 0 unspecified atom stereocenters. The number of aromatic hydroxyl groups is 4. The molecular formula is C16H14BrNO4. The summed E-state index contributed by atoms with van der Waals surface area (Å²) in [6.45, 7) is 0. The number of fused-ring (bicyclic) bond motifs is 1. The van der Waals surface area contributed by atoms with Crippen molar-refractivity contribution in [3.8, 4) is 23.0 Å². The predicted molar refractivity (Wildman–Crippen MR) is 88.0 cm³/mol. The van der Waals surface area contributed by atoms with Gasteiger partial charge in [-0.3, -0.25) is 4.98 Å². The van der Waals surface area contributed by atoms with Crippen LogP contribution in [0, 0.1) is 0 Å². The van der Waals surface area contributed by atoms with E-state index in [0.717, 1.165) is 10.9 Å². The first-order valence-corrected chi connectivity index (χ1v) is 6.35. The number of phenolic OH excluding ortho intramolecular Hbond substituents is 4. The minimum absolute atomic E-state index is 0. The van der Waals surface area contributed by atoms with Gasteiger partial charge in [0.1, 0.15) is 0 Å². The molecule has 114 valence electrons. The molecule has 0 fully saturated rings. The molecule has 2 aromatic carbocycles. The maximum absolute atomic E-state index is 9.88. The third kappa shape index (κ3) is 2.78. The molecule has 6 heteroatoms. The van der Waals surface area contributed by atoms with Crippen molar-refractivity contribution in [1.82, 2.24) is 4.98 Å². The van der Waals surface area contributed by atoms with Crippen LogP contribution in [0.4, 0.5) is 0 Å². The Morgan fingerprint density at radius 2 is 1.50 bits per heavy atom. The average molecular weight is 364 g/mol. The molecule has 0 atom stereocenters. The molecule has 1 heterocycles. The van der Waals surface area contributed by atoms with Crippen LogP contribution in [-0.2, 0) is 6.42 Å². The molecule has 4 N–H and O–H groups in total. The summed E-state index contributed by atoms with van der Waals surface area (Å²) in [6, 6.07) is 9.30. The van der Waals surface area contributed by atoms with Gasteiger partial charge in [-0.25, -0.2) is 0 Å². The zero-order valence-electron chi connectivity index (χ0n) is 11.4. The molecular weight excluding hydrogens is 350 g/mol. The van der Waals surface area contributed by atoms with E-state index in [1.54, 1.807) is 24.4 Å². The first kappa shape index (κ1) is 15.9. The van der Waals surface area contributed by atoms with Crippen molar-refractivity contribution in [1.29, 1.82) is 0 Å². The SMILES string of the molecule is Br.Oc1ccc(Cc2nccc3c(O)c(O)ccc23)cc1O. The highest BCUT2D eigenvalue weighted by Gasteiger charge is 2.10. The molecule has 0 amide bonds. The van der Waals surface area contributed by atoms with Crippen LogP contribution in [0.15, 0.2) is 42.6 Å². The van der Waals surface area contributed by atoms with Crippen molar-refractivity contribution >= 4 is 27.8 Å². The Kier molecular flexibility index (Phi) is 4.42. The van der Waals surface area contributed by atoms with E-state index in [4.69, 9.17) is 0 Å². The number of phenols is 4. The monoisotopic (exact) mass is 363 g/mol. The zero-order valence-corrected chi connectivity index (χ0v) is 13.1. The highest BCUT2D eigenvalue weighted by molar-refractivity contribution is 8.93. The van der Waals surface area contributed by atoms with Gasteiger partial charge < -0.3 is 20.4 Å². The third-order valence-electron chi connectivity index (χ3n) is 3.39. The Balaban J connectivity index is 0.00000176. The van der Waals surface area contributed by atoms with Crippen LogP contribution in [-0.4, -0.2) is 25.4 Å². The van der Waals surface area contributed by atoms with Crippen LogP contribution in [0.5, 0.6) is 23.0 Å². The first-order valence-electron chi connectivity index (χ1n) is 6.35. The van der Waals surface area contributed by atoms with Crippen molar-refractivity contribution in [3.05, 3.63) is 53.9 Å². The predicted octanol–water partition coefficient (Wildman–Crippen LogP) is 3.23. The van der Waals surface area contributed by atoms with E-state index >= 15 is 0 Å². The summed E-state index contributed by atoms with van der Waals surface area (Å²) >= 11 is 0. The van der Waals surface area contributed by atoms with E-state index in [-0.39, 0.29) is 40.0 Å². The summed E-state index contributed by atoms with van der Waals surface area (Å²) in [4.78, 5) is 4.29. The summed E-state index contributed by atoms with van der Waals surface area (Å²) in [5.41, 5.74) is 1.48. The lowest BCUT2D eigenvalue weighted by Gasteiger charge is -2.08. The van der Waals surface area contributed by atoms with Crippen molar-refractivity contribution in [2.24, 2.45) is 0 Å². The minimum Gasteiger partial charge on any atom is -0.504 e. The molecule has 1 aromatic heterocycles. The highest BCUT2D eigenvalue weighted by atomic mass is 79.9. The van der Waals surface area contributed by atoms with E-state index in [1.165, 1.54) is 18.2 Å². The molecule has 0 radical (unpaired) electrons. The van der Waals surface area contributed by atoms with E-state index in [1.807, 2.05) is 0 Å². The molecule has 0 saturated carbocycles. The van der Waals surface area contributed by atoms with Gasteiger partial charge in [0.15, 0.2) is 23.0 Å². The Morgan fingerprint density at radius 3 is 2.23 bits per heavy atom. The largest absolute Gasteiger partial charge is 0.504 e. The summed E-state index contributed by atoms with van der Waals surface area (Å²) < 4.78 is 0. The molecule has 3 rings (SSSR count). The van der Waals surface area contributed by atoms with Crippen LogP contribution in [0.1, 0.15) is 11.3 Å². The normalized spacial score (nSPS) is 10.4. The molecule has 5 nitrogen and oxygen atoms in total. The molecule has 0 aliphatic rings. The molecule has 3 aromatic rings. The topological polar surface area (TPSA) is 93.8 Å². The summed E-state index contributed by atoms with van der Waals surface area (Å²) in [7, 11) is 0. The number of nitrogens with zero attached hydrogens (tertiary/aromatic N) is 1. The fraction of sp³-hybridized carbons (Fsp3) is 0.0625. The summed E-state index contributed by atoms with van der Waals surface area (Å²) in [5.74, 6) is -0.716. The molecule has 0 bridgehead atoms. The van der Waals surface area contributed by atoms with Crippen LogP contribution < -0.4 is 0 Å². The molecule has 0 saturated heterocycles. The van der Waals surface area contributed by atoms with Gasteiger partial charge in [-0.1, -0.05) is 6.07 Å². The Hall–Kier alpha value is -2.47. The minimum atomic E-state index is -0.187. The van der Waals surface area contributed by atoms with Crippen LogP contribution >= 0.6 is 17.0 Å². The van der Waals surface area contributed by atoms with Crippen molar-refractivity contribution in [2.45, 2.75) is 6.42 Å². The lowest BCUT2D eigenvalue weighted by Crippen LogP contribution is -1.94. The number of hydrogen-bond acceptors (Lipinski definition) is 5. The maximum atomic E-state index is 9.88. The number of halogens is 1. The number of hydrogen-bond donors (Lipinski definition) is 4. The van der Waals surface area contributed by atoms with Gasteiger partial charge in [0.2, 0.25) is 0 Å². The van der Waals surface area contributed by atoms with Crippen LogP contribution in [0.3, 0.4) is 0 Å². The number of aromatic nitrogens is 1. The number of benzene rings is 2. The molecule has 0 aliphatic carbocycles. The molecule has 0 aliphatic heterocycles. The first-order chi connectivity index (χ1) is 10.1. The van der Waals surface area contributed by atoms with Crippen LogP contribution in [0.2, 0.25) is 0 Å². The van der Waals surface area contributed by atoms with Crippen LogP contribution in [0.25, 0.3) is 10.8 Å². The van der Waals surface area contributed by atoms with Gasteiger partial charge in [0, 0.05) is 23.4 Å². The Morgan fingerprint density at radius 1 is 0.773 bits per heavy atom. The van der Waals surface area contributed by atoms with E-state index in [9.17, 15) is 20.4 Å². The second-order valence-electron chi connectivity index (χ2n) is 4.79. The van der Waals surface area contributed by atoms with E-state index in [2.05, 4.69) is 4.98 Å². The zero-order chi connectivity index (χ0) is 15.0. The van der Waals surface area contributed by atoms with Gasteiger partial charge >= 0.3 is 0 Å². The summed E-state index contributed by atoms with van der Waals surface area (Å²) in [6.07, 6.45) is 1.98. The Labute approximate surface area is 136 Å². The standard InChI is InChI=1S/C16H13NO4.BrH/c18-13-3-1-9(8-15(13)20)7-12-10-2-4-14(19)16(21)11(10)5-6-17-12;/h1-6,8,18-21H,7H2;1H. The number of pyridine rings is 1. The smallest absolute Gasteiger partial charge is 0.165 e. The van der Waals surface area contributed by atoms with Crippen molar-refractivity contribution < 1.29 is 20.4 Å². The quantitative estimate of drug-likeness (QED) is 0.524. The van der Waals surface area contributed by atoms with Crippen molar-refractivity contribution in [2.75, 3.05) is 0 Å². The number of rotatable bonds is 2. The van der Waals surface area contributed by atoms with Crippen molar-refractivity contribution in [3.63, 3.8) is 0 Å². The van der Waals surface area contributed by atoms with Gasteiger partial charge in [-0.05, 0) is 35.9 Å². The molecule has 0 spiro atoms. The summed E-state index contributed by atoms with van der Waals surface area (Å²) in [5, 5.41) is 39.5. The second-order valence-corrected chi connectivity index (χ2v) is 4.79. The second kappa shape index (κ2) is 6.11. The maximum Gasteiger partial charge on any atom is 0.165 e. The van der Waals surface area contributed by atoms with Gasteiger partial charge in [-0.2, -0.15) is 0 Å². The van der Waals surface area contributed by atoms with Gasteiger partial charge in [0.25, 0.3) is 0 Å². The van der Waals surface area contributed by atoms with E-state index < -0.39 is 0 Å².